The number of hydrogen-bond acceptors (Lipinski definition) is 6. The molecule has 9 heteroatoms. The van der Waals surface area contributed by atoms with Crippen molar-refractivity contribution >= 4 is 22.4 Å². The first-order valence-electron chi connectivity index (χ1n) is 12.6. The maximum Gasteiger partial charge on any atom is 0.270 e. The van der Waals surface area contributed by atoms with Crippen LogP contribution < -0.4 is 15.8 Å². The molecule has 0 atom stereocenters. The molecule has 2 aliphatic carbocycles. The van der Waals surface area contributed by atoms with Gasteiger partial charge in [0.05, 0.1) is 11.2 Å². The van der Waals surface area contributed by atoms with Crippen LogP contribution in [0.1, 0.15) is 56.2 Å². The van der Waals surface area contributed by atoms with Crippen molar-refractivity contribution in [1.82, 2.24) is 9.55 Å². The average Bonchev–Trinajstić information content (AvgIpc) is 3.74. The Morgan fingerprint density at radius 3 is 2.32 bits per heavy atom. The van der Waals surface area contributed by atoms with Crippen LogP contribution in [0.25, 0.3) is 11.0 Å². The van der Waals surface area contributed by atoms with Gasteiger partial charge in [-0.1, -0.05) is 19.3 Å². The topological polar surface area (TPSA) is 97.7 Å². The summed E-state index contributed by atoms with van der Waals surface area (Å²) in [7, 11) is 3.55. The van der Waals surface area contributed by atoms with Crippen molar-refractivity contribution in [2.45, 2.75) is 51.0 Å². The number of nitriles is 2. The van der Waals surface area contributed by atoms with Gasteiger partial charge in [0, 0.05) is 38.4 Å². The number of fused-ring (bicyclic) bond motifs is 1. The van der Waals surface area contributed by atoms with E-state index < -0.39 is 11.6 Å². The van der Waals surface area contributed by atoms with Crippen LogP contribution in [0.5, 0.6) is 0 Å². The maximum absolute atomic E-state index is 12.7. The van der Waals surface area contributed by atoms with Crippen molar-refractivity contribution in [3.8, 4) is 12.1 Å². The van der Waals surface area contributed by atoms with E-state index in [9.17, 15) is 18.8 Å². The van der Waals surface area contributed by atoms with E-state index in [-0.39, 0.29) is 22.9 Å². The van der Waals surface area contributed by atoms with Crippen LogP contribution in [0.15, 0.2) is 35.1 Å². The van der Waals surface area contributed by atoms with E-state index in [0.717, 1.165) is 38.3 Å². The molecule has 2 aromatic heterocycles. The first-order chi connectivity index (χ1) is 17.8. The molecule has 0 bridgehead atoms. The molecule has 0 aliphatic heterocycles. The zero-order valence-corrected chi connectivity index (χ0v) is 21.1. The van der Waals surface area contributed by atoms with Gasteiger partial charge in [0.2, 0.25) is 0 Å². The van der Waals surface area contributed by atoms with Gasteiger partial charge in [-0.3, -0.25) is 4.79 Å². The van der Waals surface area contributed by atoms with E-state index in [2.05, 4.69) is 16.4 Å². The second-order valence-corrected chi connectivity index (χ2v) is 9.76. The van der Waals surface area contributed by atoms with Crippen molar-refractivity contribution in [3.63, 3.8) is 0 Å². The number of hydrogen-bond donors (Lipinski definition) is 1. The van der Waals surface area contributed by atoms with E-state index in [1.807, 2.05) is 18.0 Å². The number of benzene rings is 1. The van der Waals surface area contributed by atoms with Crippen LogP contribution in [-0.4, -0.2) is 29.2 Å². The van der Waals surface area contributed by atoms with Crippen molar-refractivity contribution in [2.75, 3.05) is 23.8 Å². The zero-order valence-electron chi connectivity index (χ0n) is 21.1. The summed E-state index contributed by atoms with van der Waals surface area (Å²) in [5.41, 5.74) is 2.32. The summed E-state index contributed by atoms with van der Waals surface area (Å²) in [6.07, 6.45) is 8.05. The quantitative estimate of drug-likeness (QED) is 0.511. The second kappa shape index (κ2) is 11.4. The summed E-state index contributed by atoms with van der Waals surface area (Å²) in [5.74, 6) is -0.358. The fourth-order valence-corrected chi connectivity index (χ4v) is 4.79. The summed E-state index contributed by atoms with van der Waals surface area (Å²) < 4.78 is 26.8. The van der Waals surface area contributed by atoms with Crippen LogP contribution in [0, 0.1) is 40.2 Å². The van der Waals surface area contributed by atoms with E-state index in [0.29, 0.717) is 28.3 Å². The molecule has 5 rings (SSSR count). The van der Waals surface area contributed by atoms with Gasteiger partial charge in [-0.05, 0) is 55.9 Å². The molecule has 1 N–H and O–H groups in total. The highest BCUT2D eigenvalue weighted by Crippen LogP contribution is 2.32. The third kappa shape index (κ3) is 6.06. The van der Waals surface area contributed by atoms with Crippen molar-refractivity contribution < 1.29 is 8.78 Å². The van der Waals surface area contributed by atoms with Crippen LogP contribution in [0.2, 0.25) is 0 Å². The second-order valence-electron chi connectivity index (χ2n) is 9.76. The van der Waals surface area contributed by atoms with Crippen LogP contribution in [0.3, 0.4) is 0 Å². The minimum atomic E-state index is -0.529. The third-order valence-corrected chi connectivity index (χ3v) is 7.07. The largest absolute Gasteiger partial charge is 0.385 e. The standard InChI is InChI=1S/C18H19N5O.C10H11F2N/c1-22(13-6-4-3-5-7-13)17-14(11-20)18(24)23(2)15-9-8-12(10-19)21-16(15)17;11-8-3-9(12)5-10(4-8)13-6-7-1-2-7/h8-9,13H,3-7H2,1-2H3;3-5,7,13H,1-2,6H2. The minimum Gasteiger partial charge on any atom is -0.385 e. The molecule has 2 aliphatic rings. The van der Waals surface area contributed by atoms with Gasteiger partial charge in [0.1, 0.15) is 40.5 Å². The molecule has 192 valence electrons. The SMILES string of the molecule is CN(c1c(C#N)c(=O)n(C)c2ccc(C#N)nc12)C1CCCCC1.Fc1cc(F)cc(NCC2CC2)c1. The summed E-state index contributed by atoms with van der Waals surface area (Å²) >= 11 is 0. The predicted molar refractivity (Wildman–Crippen MR) is 139 cm³/mol. The average molecular weight is 505 g/mol. The maximum atomic E-state index is 12.7. The minimum absolute atomic E-state index is 0.0978. The first-order valence-corrected chi connectivity index (χ1v) is 12.6. The monoisotopic (exact) mass is 504 g/mol. The molecule has 0 amide bonds. The lowest BCUT2D eigenvalue weighted by atomic mass is 9.93. The Labute approximate surface area is 215 Å². The Bertz CT molecular complexity index is 1410. The first kappa shape index (κ1) is 26.1. The normalized spacial score (nSPS) is 15.3. The number of nitrogens with one attached hydrogen (secondary N) is 1. The predicted octanol–water partition coefficient (Wildman–Crippen LogP) is 5.23. The Kier molecular flexibility index (Phi) is 8.03. The van der Waals surface area contributed by atoms with E-state index in [1.165, 1.54) is 36.0 Å². The Morgan fingerprint density at radius 2 is 1.73 bits per heavy atom. The van der Waals surface area contributed by atoms with E-state index >= 15 is 0 Å². The molecule has 1 aromatic carbocycles. The highest BCUT2D eigenvalue weighted by atomic mass is 19.1. The molecule has 2 fully saturated rings. The van der Waals surface area contributed by atoms with E-state index in [1.54, 1.807) is 19.2 Å². The van der Waals surface area contributed by atoms with Gasteiger partial charge in [-0.2, -0.15) is 10.5 Å². The van der Waals surface area contributed by atoms with Gasteiger partial charge in [-0.15, -0.1) is 0 Å². The molecular weight excluding hydrogens is 474 g/mol. The fourth-order valence-electron chi connectivity index (χ4n) is 4.79. The third-order valence-electron chi connectivity index (χ3n) is 7.07. The van der Waals surface area contributed by atoms with Crippen LogP contribution >= 0.6 is 0 Å². The zero-order chi connectivity index (χ0) is 26.5. The molecule has 7 nitrogen and oxygen atoms in total. The Hall–Kier alpha value is -3.98. The number of halogens is 2. The lowest BCUT2D eigenvalue weighted by Gasteiger charge is -2.33. The van der Waals surface area contributed by atoms with Gasteiger partial charge in [-0.25, -0.2) is 13.8 Å². The fraction of sp³-hybridized carbons (Fsp3) is 0.429. The molecule has 0 radical (unpaired) electrons. The number of nitrogens with zero attached hydrogens (tertiary/aromatic N) is 5. The van der Waals surface area contributed by atoms with Crippen molar-refractivity contribution in [1.29, 1.82) is 10.5 Å². The summed E-state index contributed by atoms with van der Waals surface area (Å²) in [6, 6.07) is 11.2. The Balaban J connectivity index is 0.000000207. The number of aryl methyl sites for hydroxylation is 1. The molecule has 37 heavy (non-hydrogen) atoms. The smallest absolute Gasteiger partial charge is 0.270 e. The summed E-state index contributed by atoms with van der Waals surface area (Å²) in [5, 5.41) is 21.7. The van der Waals surface area contributed by atoms with Crippen molar-refractivity contribution in [2.24, 2.45) is 13.0 Å². The molecular formula is C28H30F2N6O. The van der Waals surface area contributed by atoms with Crippen LogP contribution in [0.4, 0.5) is 20.2 Å². The summed E-state index contributed by atoms with van der Waals surface area (Å²) in [4.78, 5) is 19.0. The van der Waals surface area contributed by atoms with Gasteiger partial charge in [0.15, 0.2) is 0 Å². The number of pyridine rings is 2. The van der Waals surface area contributed by atoms with Gasteiger partial charge >= 0.3 is 0 Å². The molecule has 0 unspecified atom stereocenters. The number of aromatic nitrogens is 2. The lowest BCUT2D eigenvalue weighted by Crippen LogP contribution is -2.36. The highest BCUT2D eigenvalue weighted by molar-refractivity contribution is 5.92. The van der Waals surface area contributed by atoms with E-state index in [4.69, 9.17) is 5.26 Å². The number of rotatable bonds is 5. The molecule has 0 spiro atoms. The van der Waals surface area contributed by atoms with Gasteiger partial charge < -0.3 is 14.8 Å². The van der Waals surface area contributed by atoms with Gasteiger partial charge in [0.25, 0.3) is 5.56 Å². The molecule has 2 heterocycles. The summed E-state index contributed by atoms with van der Waals surface area (Å²) in [6.45, 7) is 0.822. The lowest BCUT2D eigenvalue weighted by molar-refractivity contribution is 0.428. The van der Waals surface area contributed by atoms with Crippen molar-refractivity contribution in [3.05, 3.63) is 63.6 Å². The highest BCUT2D eigenvalue weighted by Gasteiger charge is 2.26. The molecule has 3 aromatic rings. The molecule has 0 saturated heterocycles. The molecule has 2 saturated carbocycles. The Morgan fingerprint density at radius 1 is 1.05 bits per heavy atom. The number of anilines is 2. The van der Waals surface area contributed by atoms with Crippen LogP contribution in [-0.2, 0) is 7.05 Å².